The highest BCUT2D eigenvalue weighted by Gasteiger charge is 2.41. The lowest BCUT2D eigenvalue weighted by Gasteiger charge is -2.17. The summed E-state index contributed by atoms with van der Waals surface area (Å²) in [4.78, 5) is 36.5. The van der Waals surface area contributed by atoms with Crippen LogP contribution in [0.1, 0.15) is 13.3 Å². The van der Waals surface area contributed by atoms with Crippen molar-refractivity contribution in [3.8, 4) is 5.75 Å². The molecule has 1 unspecified atom stereocenters. The summed E-state index contributed by atoms with van der Waals surface area (Å²) in [6.45, 7) is 2.20. The van der Waals surface area contributed by atoms with Crippen LogP contribution in [0.25, 0.3) is 0 Å². The van der Waals surface area contributed by atoms with Gasteiger partial charge in [0, 0.05) is 26.1 Å². The van der Waals surface area contributed by atoms with Gasteiger partial charge in [0.1, 0.15) is 5.92 Å². The number of likely N-dealkylation sites (N-methyl/N-ethyl adjacent to an activating group) is 1. The Morgan fingerprint density at radius 1 is 1.38 bits per heavy atom. The molecule has 0 bridgehead atoms. The molecule has 1 aromatic rings. The molecule has 1 fully saturated rings. The zero-order valence-corrected chi connectivity index (χ0v) is 14.9. The molecule has 1 N–H and O–H groups in total. The predicted octanol–water partition coefficient (Wildman–Crippen LogP) is 1.92. The first-order valence-electron chi connectivity index (χ1n) is 7.47. The van der Waals surface area contributed by atoms with E-state index in [9.17, 15) is 14.4 Å². The molecule has 2 rings (SSSR count). The van der Waals surface area contributed by atoms with Crippen LogP contribution in [0.5, 0.6) is 5.75 Å². The lowest BCUT2D eigenvalue weighted by molar-refractivity contribution is -0.142. The van der Waals surface area contributed by atoms with E-state index < -0.39 is 23.5 Å². The summed E-state index contributed by atoms with van der Waals surface area (Å²) < 4.78 is 5.56. The molecule has 1 aromatic carbocycles. The number of carbonyl (C=O) groups is 3. The molecule has 1 heterocycles. The Kier molecular flexibility index (Phi) is 6.07. The molecular weight excluding hydrogens is 355 g/mol. The quantitative estimate of drug-likeness (QED) is 0.611. The lowest BCUT2D eigenvalue weighted by Crippen LogP contribution is -2.41. The Hall–Kier alpha value is -1.79. The first kappa shape index (κ1) is 18.5. The van der Waals surface area contributed by atoms with Gasteiger partial charge in [-0.25, -0.2) is 0 Å². The molecule has 0 spiro atoms. The van der Waals surface area contributed by atoms with Crippen LogP contribution in [0.3, 0.4) is 0 Å². The molecule has 24 heavy (non-hydrogen) atoms. The third kappa shape index (κ3) is 4.19. The molecule has 8 heteroatoms. The number of carbonyl (C=O) groups excluding carboxylic acids is 3. The molecule has 130 valence electrons. The molecule has 1 aliphatic heterocycles. The Morgan fingerprint density at radius 2 is 2.00 bits per heavy atom. The number of hydrogen-bond acceptors (Lipinski definition) is 4. The van der Waals surface area contributed by atoms with Crippen LogP contribution in [0.2, 0.25) is 10.0 Å². The normalized spacial score (nSPS) is 18.7. The van der Waals surface area contributed by atoms with Crippen LogP contribution >= 0.6 is 23.2 Å². The van der Waals surface area contributed by atoms with Gasteiger partial charge in [0.2, 0.25) is 11.7 Å². The van der Waals surface area contributed by atoms with Crippen LogP contribution in [0, 0.1) is 5.92 Å². The largest absolute Gasteiger partial charge is 0.490 e. The van der Waals surface area contributed by atoms with Crippen molar-refractivity contribution < 1.29 is 19.1 Å². The van der Waals surface area contributed by atoms with E-state index in [0.29, 0.717) is 28.8 Å². The Labute approximate surface area is 150 Å². The van der Waals surface area contributed by atoms with Crippen molar-refractivity contribution >= 4 is 40.8 Å². The van der Waals surface area contributed by atoms with Gasteiger partial charge < -0.3 is 15.0 Å². The molecule has 1 aliphatic rings. The fourth-order valence-electron chi connectivity index (χ4n) is 2.35. The van der Waals surface area contributed by atoms with Gasteiger partial charge in [0.15, 0.2) is 5.75 Å². The summed E-state index contributed by atoms with van der Waals surface area (Å²) in [5.41, 5.74) is 0. The Bertz CT molecular complexity index is 645. The number of hydrogen-bond donors (Lipinski definition) is 1. The molecule has 0 aliphatic carbocycles. The van der Waals surface area contributed by atoms with Gasteiger partial charge in [0.25, 0.3) is 5.91 Å². The van der Waals surface area contributed by atoms with Crippen LogP contribution < -0.4 is 10.1 Å². The van der Waals surface area contributed by atoms with Gasteiger partial charge in [-0.15, -0.1) is 0 Å². The van der Waals surface area contributed by atoms with Gasteiger partial charge in [-0.1, -0.05) is 29.3 Å². The minimum Gasteiger partial charge on any atom is -0.490 e. The Balaban J connectivity index is 1.81. The third-order valence-electron chi connectivity index (χ3n) is 3.75. The predicted molar refractivity (Wildman–Crippen MR) is 90.3 cm³/mol. The standard InChI is InChI=1S/C16H18Cl2N2O4/c1-9(6-7-24-14-11(17)4-3-5-12(14)18)19-15(22)10-8-20(2)16(23)13(10)21/h3-5,9-10H,6-8H2,1-2H3,(H,19,22)/t9-,10?/m1/s1. The molecule has 2 atom stereocenters. The van der Waals surface area contributed by atoms with Gasteiger partial charge >= 0.3 is 0 Å². The monoisotopic (exact) mass is 372 g/mol. The fourth-order valence-corrected chi connectivity index (χ4v) is 2.86. The fraction of sp³-hybridized carbons (Fsp3) is 0.438. The van der Waals surface area contributed by atoms with Crippen molar-refractivity contribution in [2.24, 2.45) is 5.92 Å². The summed E-state index contributed by atoms with van der Waals surface area (Å²) in [7, 11) is 1.50. The zero-order chi connectivity index (χ0) is 17.9. The molecule has 0 radical (unpaired) electrons. The van der Waals surface area contributed by atoms with Crippen molar-refractivity contribution in [1.29, 1.82) is 0 Å². The van der Waals surface area contributed by atoms with E-state index in [-0.39, 0.29) is 12.6 Å². The zero-order valence-electron chi connectivity index (χ0n) is 13.3. The number of ketones is 1. The van der Waals surface area contributed by atoms with Gasteiger partial charge in [0.05, 0.1) is 16.7 Å². The third-order valence-corrected chi connectivity index (χ3v) is 4.35. The number of likely N-dealkylation sites (tertiary alicyclic amines) is 1. The molecule has 0 aromatic heterocycles. The van der Waals surface area contributed by atoms with Crippen molar-refractivity contribution in [3.63, 3.8) is 0 Å². The van der Waals surface area contributed by atoms with Gasteiger partial charge in [-0.2, -0.15) is 0 Å². The minimum absolute atomic E-state index is 0.113. The maximum absolute atomic E-state index is 12.1. The van der Waals surface area contributed by atoms with E-state index in [0.717, 1.165) is 0 Å². The highest BCUT2D eigenvalue weighted by atomic mass is 35.5. The average molecular weight is 373 g/mol. The average Bonchev–Trinajstić information content (AvgIpc) is 2.78. The molecule has 6 nitrogen and oxygen atoms in total. The summed E-state index contributed by atoms with van der Waals surface area (Å²) >= 11 is 12.0. The second-order valence-corrected chi connectivity index (χ2v) is 6.51. The number of amides is 2. The molecular formula is C16H18Cl2N2O4. The molecule has 2 amide bonds. The highest BCUT2D eigenvalue weighted by Crippen LogP contribution is 2.32. The number of nitrogens with zero attached hydrogens (tertiary/aromatic N) is 1. The van der Waals surface area contributed by atoms with Crippen molar-refractivity contribution in [3.05, 3.63) is 28.2 Å². The number of benzene rings is 1. The summed E-state index contributed by atoms with van der Waals surface area (Å²) in [6.07, 6.45) is 0.498. The van der Waals surface area contributed by atoms with E-state index in [4.69, 9.17) is 27.9 Å². The van der Waals surface area contributed by atoms with E-state index in [1.807, 2.05) is 0 Å². The van der Waals surface area contributed by atoms with E-state index in [2.05, 4.69) is 5.32 Å². The molecule has 1 saturated heterocycles. The summed E-state index contributed by atoms with van der Waals surface area (Å²) in [5, 5.41) is 3.55. The van der Waals surface area contributed by atoms with Crippen LogP contribution in [-0.4, -0.2) is 48.7 Å². The second kappa shape index (κ2) is 7.85. The number of ether oxygens (including phenoxy) is 1. The van der Waals surface area contributed by atoms with Crippen LogP contribution in [-0.2, 0) is 14.4 Å². The maximum atomic E-state index is 12.1. The lowest BCUT2D eigenvalue weighted by atomic mass is 10.1. The topological polar surface area (TPSA) is 75.7 Å². The highest BCUT2D eigenvalue weighted by molar-refractivity contribution is 6.42. The second-order valence-electron chi connectivity index (χ2n) is 5.70. The number of Topliss-reactive ketones (excluding diaryl/α,β-unsaturated/α-hetero) is 1. The van der Waals surface area contributed by atoms with E-state index >= 15 is 0 Å². The van der Waals surface area contributed by atoms with E-state index in [1.165, 1.54) is 11.9 Å². The number of halogens is 2. The number of nitrogens with one attached hydrogen (secondary N) is 1. The number of rotatable bonds is 6. The molecule has 0 saturated carbocycles. The van der Waals surface area contributed by atoms with Gasteiger partial charge in [-0.05, 0) is 19.1 Å². The summed E-state index contributed by atoms with van der Waals surface area (Å²) in [6, 6.07) is 4.84. The maximum Gasteiger partial charge on any atom is 0.290 e. The van der Waals surface area contributed by atoms with Crippen LogP contribution in [0.4, 0.5) is 0 Å². The number of para-hydroxylation sites is 1. The van der Waals surface area contributed by atoms with Gasteiger partial charge in [-0.3, -0.25) is 14.4 Å². The minimum atomic E-state index is -0.941. The smallest absolute Gasteiger partial charge is 0.290 e. The SMILES string of the molecule is C[C@H](CCOc1c(Cl)cccc1Cl)NC(=O)C1CN(C)C(=O)C1=O. The summed E-state index contributed by atoms with van der Waals surface area (Å²) in [5.74, 6) is -2.27. The van der Waals surface area contributed by atoms with Crippen molar-refractivity contribution in [1.82, 2.24) is 10.2 Å². The first-order chi connectivity index (χ1) is 11.3. The van der Waals surface area contributed by atoms with Crippen molar-refractivity contribution in [2.45, 2.75) is 19.4 Å². The van der Waals surface area contributed by atoms with Crippen LogP contribution in [0.15, 0.2) is 18.2 Å². The first-order valence-corrected chi connectivity index (χ1v) is 8.23. The van der Waals surface area contributed by atoms with Crippen molar-refractivity contribution in [2.75, 3.05) is 20.2 Å². The van der Waals surface area contributed by atoms with E-state index in [1.54, 1.807) is 25.1 Å². The Morgan fingerprint density at radius 3 is 2.54 bits per heavy atom.